The lowest BCUT2D eigenvalue weighted by atomic mass is 10.2. The summed E-state index contributed by atoms with van der Waals surface area (Å²) in [7, 11) is 1.81. The number of thiophene rings is 1. The van der Waals surface area contributed by atoms with Gasteiger partial charge in [-0.3, -0.25) is 4.99 Å². The molecule has 0 unspecified atom stereocenters. The maximum atomic E-state index is 4.16. The standard InChI is InChI=1S/C9H11NS/c1-3-4-9(10-2)8-5-6-11-7-8/h3-7H,1-2H3/b4-3+,10-9?. The molecular weight excluding hydrogens is 154 g/mol. The second-order valence-corrected chi connectivity index (χ2v) is 2.90. The monoisotopic (exact) mass is 165 g/mol. The van der Waals surface area contributed by atoms with Gasteiger partial charge in [0.2, 0.25) is 0 Å². The number of aliphatic imine (C=N–C) groups is 1. The molecule has 0 N–H and O–H groups in total. The maximum absolute atomic E-state index is 4.16. The van der Waals surface area contributed by atoms with Crippen LogP contribution in [0.2, 0.25) is 0 Å². The highest BCUT2D eigenvalue weighted by Gasteiger charge is 1.96. The molecule has 0 aliphatic heterocycles. The molecule has 0 aliphatic rings. The van der Waals surface area contributed by atoms with Gasteiger partial charge in [-0.1, -0.05) is 6.08 Å². The molecule has 0 fully saturated rings. The largest absolute Gasteiger partial charge is 0.288 e. The number of nitrogens with zero attached hydrogens (tertiary/aromatic N) is 1. The predicted octanol–water partition coefficient (Wildman–Crippen LogP) is 2.74. The summed E-state index contributed by atoms with van der Waals surface area (Å²) in [5.74, 6) is 0. The second kappa shape index (κ2) is 4.09. The summed E-state index contributed by atoms with van der Waals surface area (Å²) in [6.45, 7) is 2.00. The first-order valence-electron chi connectivity index (χ1n) is 3.50. The third kappa shape index (κ3) is 2.02. The van der Waals surface area contributed by atoms with Crippen LogP contribution in [-0.4, -0.2) is 12.8 Å². The molecule has 0 atom stereocenters. The summed E-state index contributed by atoms with van der Waals surface area (Å²) in [5, 5.41) is 4.16. The highest BCUT2D eigenvalue weighted by Crippen LogP contribution is 2.07. The molecule has 0 aliphatic carbocycles. The SMILES string of the molecule is C/C=C/C(=NC)c1ccsc1. The molecule has 0 aromatic carbocycles. The summed E-state index contributed by atoms with van der Waals surface area (Å²) in [5.41, 5.74) is 2.25. The van der Waals surface area contributed by atoms with Crippen LogP contribution in [0.25, 0.3) is 0 Å². The topological polar surface area (TPSA) is 12.4 Å². The van der Waals surface area contributed by atoms with Crippen LogP contribution in [-0.2, 0) is 0 Å². The van der Waals surface area contributed by atoms with Gasteiger partial charge in [-0.05, 0) is 24.4 Å². The Bertz CT molecular complexity index is 257. The predicted molar refractivity (Wildman–Crippen MR) is 51.6 cm³/mol. The molecule has 1 heterocycles. The molecule has 0 saturated heterocycles. The van der Waals surface area contributed by atoms with Gasteiger partial charge in [0.15, 0.2) is 0 Å². The van der Waals surface area contributed by atoms with Gasteiger partial charge in [0.05, 0.1) is 5.71 Å². The molecule has 1 aromatic rings. The summed E-state index contributed by atoms with van der Waals surface area (Å²) >= 11 is 1.69. The molecule has 0 bridgehead atoms. The van der Waals surface area contributed by atoms with E-state index >= 15 is 0 Å². The second-order valence-electron chi connectivity index (χ2n) is 2.12. The smallest absolute Gasteiger partial charge is 0.0648 e. The van der Waals surface area contributed by atoms with E-state index in [1.165, 1.54) is 5.56 Å². The number of hydrogen-bond donors (Lipinski definition) is 0. The zero-order valence-electron chi connectivity index (χ0n) is 6.74. The molecule has 0 saturated carbocycles. The van der Waals surface area contributed by atoms with Crippen molar-refractivity contribution < 1.29 is 0 Å². The van der Waals surface area contributed by atoms with E-state index in [1.54, 1.807) is 11.3 Å². The van der Waals surface area contributed by atoms with Gasteiger partial charge in [0.25, 0.3) is 0 Å². The Hall–Kier alpha value is -0.890. The number of rotatable bonds is 2. The minimum absolute atomic E-state index is 1.05. The quantitative estimate of drug-likeness (QED) is 0.597. The Kier molecular flexibility index (Phi) is 3.05. The van der Waals surface area contributed by atoms with Gasteiger partial charge in [0, 0.05) is 18.0 Å². The van der Waals surface area contributed by atoms with Crippen LogP contribution in [0, 0.1) is 0 Å². The fourth-order valence-corrected chi connectivity index (χ4v) is 1.52. The highest BCUT2D eigenvalue weighted by molar-refractivity contribution is 7.08. The van der Waals surface area contributed by atoms with Crippen molar-refractivity contribution in [1.82, 2.24) is 0 Å². The fraction of sp³-hybridized carbons (Fsp3) is 0.222. The van der Waals surface area contributed by atoms with E-state index in [0.717, 1.165) is 5.71 Å². The Labute approximate surface area is 71.1 Å². The van der Waals surface area contributed by atoms with Crippen molar-refractivity contribution in [3.05, 3.63) is 34.5 Å². The lowest BCUT2D eigenvalue weighted by Gasteiger charge is -1.93. The Morgan fingerprint density at radius 2 is 2.45 bits per heavy atom. The maximum Gasteiger partial charge on any atom is 0.0648 e. The first-order valence-corrected chi connectivity index (χ1v) is 4.45. The molecular formula is C9H11NS. The highest BCUT2D eigenvalue weighted by atomic mass is 32.1. The summed E-state index contributed by atoms with van der Waals surface area (Å²) < 4.78 is 0. The van der Waals surface area contributed by atoms with Gasteiger partial charge in [-0.2, -0.15) is 11.3 Å². The van der Waals surface area contributed by atoms with Gasteiger partial charge in [0.1, 0.15) is 0 Å². The van der Waals surface area contributed by atoms with Crippen LogP contribution in [0.1, 0.15) is 12.5 Å². The lowest BCUT2D eigenvalue weighted by molar-refractivity contribution is 1.44. The molecule has 2 heteroatoms. The van der Waals surface area contributed by atoms with E-state index in [1.807, 2.05) is 26.1 Å². The molecule has 58 valence electrons. The van der Waals surface area contributed by atoms with Crippen LogP contribution in [0.4, 0.5) is 0 Å². The summed E-state index contributed by atoms with van der Waals surface area (Å²) in [6, 6.07) is 2.08. The van der Waals surface area contributed by atoms with Gasteiger partial charge < -0.3 is 0 Å². The van der Waals surface area contributed by atoms with Gasteiger partial charge >= 0.3 is 0 Å². The van der Waals surface area contributed by atoms with E-state index < -0.39 is 0 Å². The zero-order chi connectivity index (χ0) is 8.10. The van der Waals surface area contributed by atoms with E-state index in [0.29, 0.717) is 0 Å². The normalized spacial score (nSPS) is 12.7. The molecule has 0 amide bonds. The van der Waals surface area contributed by atoms with Crippen molar-refractivity contribution in [2.45, 2.75) is 6.92 Å². The molecule has 0 spiro atoms. The van der Waals surface area contributed by atoms with E-state index in [-0.39, 0.29) is 0 Å². The molecule has 1 nitrogen and oxygen atoms in total. The first kappa shape index (κ1) is 8.21. The average Bonchev–Trinajstić information content (AvgIpc) is 2.52. The molecule has 1 aromatic heterocycles. The van der Waals surface area contributed by atoms with Crippen LogP contribution >= 0.6 is 11.3 Å². The lowest BCUT2D eigenvalue weighted by Crippen LogP contribution is -1.92. The minimum Gasteiger partial charge on any atom is -0.288 e. The van der Waals surface area contributed by atoms with Crippen LogP contribution in [0.3, 0.4) is 0 Å². The molecule has 11 heavy (non-hydrogen) atoms. The van der Waals surface area contributed by atoms with Crippen molar-refractivity contribution in [1.29, 1.82) is 0 Å². The summed E-state index contributed by atoms with van der Waals surface area (Å²) in [6.07, 6.45) is 4.02. The number of allylic oxidation sites excluding steroid dienone is 2. The zero-order valence-corrected chi connectivity index (χ0v) is 7.56. The average molecular weight is 165 g/mol. The van der Waals surface area contributed by atoms with Crippen molar-refractivity contribution in [3.63, 3.8) is 0 Å². The van der Waals surface area contributed by atoms with E-state index in [9.17, 15) is 0 Å². The van der Waals surface area contributed by atoms with Gasteiger partial charge in [-0.15, -0.1) is 0 Å². The Balaban J connectivity index is 2.89. The molecule has 1 rings (SSSR count). The van der Waals surface area contributed by atoms with Crippen molar-refractivity contribution in [2.75, 3.05) is 7.05 Å². The Morgan fingerprint density at radius 1 is 1.64 bits per heavy atom. The summed E-state index contributed by atoms with van der Waals surface area (Å²) in [4.78, 5) is 4.16. The van der Waals surface area contributed by atoms with Crippen LogP contribution in [0.15, 0.2) is 34.0 Å². The fourth-order valence-electron chi connectivity index (χ4n) is 0.868. The first-order chi connectivity index (χ1) is 5.38. The number of hydrogen-bond acceptors (Lipinski definition) is 2. The van der Waals surface area contributed by atoms with Crippen molar-refractivity contribution in [2.24, 2.45) is 4.99 Å². The minimum atomic E-state index is 1.05. The van der Waals surface area contributed by atoms with Gasteiger partial charge in [-0.25, -0.2) is 0 Å². The van der Waals surface area contributed by atoms with Crippen LogP contribution < -0.4 is 0 Å². The van der Waals surface area contributed by atoms with Crippen LogP contribution in [0.5, 0.6) is 0 Å². The van der Waals surface area contributed by atoms with Crippen molar-refractivity contribution >= 4 is 17.0 Å². The van der Waals surface area contributed by atoms with Crippen molar-refractivity contribution in [3.8, 4) is 0 Å². The van der Waals surface area contributed by atoms with E-state index in [4.69, 9.17) is 0 Å². The Morgan fingerprint density at radius 3 is 2.91 bits per heavy atom. The molecule has 0 radical (unpaired) electrons. The third-order valence-corrected chi connectivity index (χ3v) is 2.07. The van der Waals surface area contributed by atoms with E-state index in [2.05, 4.69) is 21.8 Å². The third-order valence-electron chi connectivity index (χ3n) is 1.38.